The average molecular weight is 341 g/mol. The van der Waals surface area contributed by atoms with Gasteiger partial charge in [-0.25, -0.2) is 0 Å². The first-order valence-corrected chi connectivity index (χ1v) is 7.26. The summed E-state index contributed by atoms with van der Waals surface area (Å²) >= 11 is 0. The molecule has 24 heavy (non-hydrogen) atoms. The number of carbonyl (C=O) groups excluding carboxylic acids is 1. The van der Waals surface area contributed by atoms with Crippen LogP contribution in [0.3, 0.4) is 0 Å². The van der Waals surface area contributed by atoms with Crippen LogP contribution < -0.4 is 0 Å². The van der Waals surface area contributed by atoms with E-state index in [-0.39, 0.29) is 17.9 Å². The molecular formula is C16H18F3N3O2. The normalized spacial score (nSPS) is 11.6. The summed E-state index contributed by atoms with van der Waals surface area (Å²) in [6.45, 7) is -0.143. The maximum Gasteiger partial charge on any atom is 0.416 e. The van der Waals surface area contributed by atoms with Gasteiger partial charge in [0, 0.05) is 38.8 Å². The summed E-state index contributed by atoms with van der Waals surface area (Å²) < 4.78 is 39.8. The molecule has 1 heterocycles. The van der Waals surface area contributed by atoms with Gasteiger partial charge in [0.25, 0.3) is 0 Å². The number of amides is 1. The van der Waals surface area contributed by atoms with E-state index in [1.165, 1.54) is 17.2 Å². The van der Waals surface area contributed by atoms with Crippen LogP contribution in [0.2, 0.25) is 0 Å². The Kier molecular flexibility index (Phi) is 5.28. The number of alkyl halides is 3. The molecule has 0 unspecified atom stereocenters. The monoisotopic (exact) mass is 341 g/mol. The van der Waals surface area contributed by atoms with Crippen LogP contribution in [-0.2, 0) is 24.1 Å². The number of hydrogen-bond donors (Lipinski definition) is 1. The largest absolute Gasteiger partial charge is 0.416 e. The number of benzene rings is 1. The van der Waals surface area contributed by atoms with Crippen LogP contribution in [0.15, 0.2) is 30.6 Å². The molecule has 0 atom stereocenters. The van der Waals surface area contributed by atoms with E-state index >= 15 is 0 Å². The number of aliphatic hydroxyl groups excluding tert-OH is 1. The lowest BCUT2D eigenvalue weighted by Crippen LogP contribution is -2.22. The Labute approximate surface area is 137 Å². The fraction of sp³-hybridized carbons (Fsp3) is 0.375. The molecule has 1 N–H and O–H groups in total. The van der Waals surface area contributed by atoms with E-state index in [1.54, 1.807) is 25.0 Å². The van der Waals surface area contributed by atoms with E-state index in [2.05, 4.69) is 5.10 Å². The van der Waals surface area contributed by atoms with Crippen molar-refractivity contribution in [3.63, 3.8) is 0 Å². The number of hydrogen-bond acceptors (Lipinski definition) is 3. The van der Waals surface area contributed by atoms with E-state index < -0.39 is 18.3 Å². The number of carbonyl (C=O) groups is 1. The number of aryl methyl sites for hydroxylation is 1. The van der Waals surface area contributed by atoms with Crippen molar-refractivity contribution < 1.29 is 23.1 Å². The molecule has 8 heteroatoms. The third-order valence-corrected chi connectivity index (χ3v) is 3.60. The molecule has 1 aromatic heterocycles. The van der Waals surface area contributed by atoms with Crippen molar-refractivity contribution in [3.05, 3.63) is 41.7 Å². The highest BCUT2D eigenvalue weighted by atomic mass is 19.4. The van der Waals surface area contributed by atoms with Crippen LogP contribution in [-0.4, -0.2) is 39.8 Å². The van der Waals surface area contributed by atoms with E-state index in [1.807, 2.05) is 0 Å². The topological polar surface area (TPSA) is 58.4 Å². The van der Waals surface area contributed by atoms with Crippen molar-refractivity contribution in [1.82, 2.24) is 14.7 Å². The van der Waals surface area contributed by atoms with E-state index in [0.29, 0.717) is 17.7 Å². The summed E-state index contributed by atoms with van der Waals surface area (Å²) in [7, 11) is 3.32. The Morgan fingerprint density at radius 1 is 1.33 bits per heavy atom. The zero-order valence-corrected chi connectivity index (χ0v) is 13.3. The molecule has 0 saturated carbocycles. The third-order valence-electron chi connectivity index (χ3n) is 3.60. The lowest BCUT2D eigenvalue weighted by atomic mass is 10.00. The number of aliphatic hydroxyl groups is 1. The number of aromatic nitrogens is 2. The minimum absolute atomic E-state index is 0.0439. The fourth-order valence-corrected chi connectivity index (χ4v) is 2.24. The van der Waals surface area contributed by atoms with Gasteiger partial charge in [-0.2, -0.15) is 18.3 Å². The Bertz CT molecular complexity index is 724. The molecule has 130 valence electrons. The molecule has 0 fully saturated rings. The van der Waals surface area contributed by atoms with Gasteiger partial charge in [0.1, 0.15) is 0 Å². The first-order valence-electron chi connectivity index (χ1n) is 7.26. The lowest BCUT2D eigenvalue weighted by Gasteiger charge is -2.11. The van der Waals surface area contributed by atoms with Crippen molar-refractivity contribution >= 4 is 5.91 Å². The van der Waals surface area contributed by atoms with Gasteiger partial charge >= 0.3 is 6.18 Å². The highest BCUT2D eigenvalue weighted by Crippen LogP contribution is 2.33. The summed E-state index contributed by atoms with van der Waals surface area (Å²) in [6, 6.07) is 3.23. The second kappa shape index (κ2) is 7.04. The van der Waals surface area contributed by atoms with Gasteiger partial charge in [0.2, 0.25) is 5.91 Å². The van der Waals surface area contributed by atoms with Gasteiger partial charge in [0.15, 0.2) is 0 Å². The Morgan fingerprint density at radius 2 is 2.04 bits per heavy atom. The fourth-order valence-electron chi connectivity index (χ4n) is 2.24. The Hall–Kier alpha value is -2.35. The van der Waals surface area contributed by atoms with Gasteiger partial charge in [-0.05, 0) is 23.3 Å². The maximum absolute atomic E-state index is 12.7. The first kappa shape index (κ1) is 18.0. The van der Waals surface area contributed by atoms with E-state index in [0.717, 1.165) is 12.1 Å². The molecule has 0 radical (unpaired) electrons. The lowest BCUT2D eigenvalue weighted by molar-refractivity contribution is -0.137. The van der Waals surface area contributed by atoms with Gasteiger partial charge in [0.05, 0.1) is 18.4 Å². The predicted molar refractivity (Wildman–Crippen MR) is 81.9 cm³/mol. The zero-order chi connectivity index (χ0) is 17.9. The number of rotatable bonds is 5. The molecule has 1 amide bonds. The van der Waals surface area contributed by atoms with Gasteiger partial charge in [-0.3, -0.25) is 9.48 Å². The van der Waals surface area contributed by atoms with Crippen molar-refractivity contribution in [3.8, 4) is 11.1 Å². The molecular weight excluding hydrogens is 323 g/mol. The molecule has 5 nitrogen and oxygen atoms in total. The van der Waals surface area contributed by atoms with Gasteiger partial charge in [-0.1, -0.05) is 6.07 Å². The third kappa shape index (κ3) is 4.14. The second-order valence-electron chi connectivity index (χ2n) is 5.56. The minimum Gasteiger partial charge on any atom is -0.392 e. The molecule has 0 aliphatic carbocycles. The summed E-state index contributed by atoms with van der Waals surface area (Å²) in [4.78, 5) is 13.0. The molecule has 0 bridgehead atoms. The first-order chi connectivity index (χ1) is 11.2. The van der Waals surface area contributed by atoms with E-state index in [4.69, 9.17) is 0 Å². The van der Waals surface area contributed by atoms with Crippen molar-refractivity contribution in [2.24, 2.45) is 0 Å². The SMILES string of the molecule is CN(C)C(=O)CCn1cc(-c2ccc(C(F)(F)F)cc2CO)cn1. The minimum atomic E-state index is -4.46. The molecule has 0 spiro atoms. The molecule has 2 rings (SSSR count). The predicted octanol–water partition coefficient (Wildman–Crippen LogP) is 2.54. The highest BCUT2D eigenvalue weighted by molar-refractivity contribution is 5.75. The summed E-state index contributed by atoms with van der Waals surface area (Å²) in [6.07, 6.45) is -1.04. The van der Waals surface area contributed by atoms with Crippen LogP contribution >= 0.6 is 0 Å². The molecule has 2 aromatic rings. The standard InChI is InChI=1S/C16H18F3N3O2/c1-21(2)15(24)5-6-22-9-12(8-20-22)14-4-3-13(16(17,18)19)7-11(14)10-23/h3-4,7-9,23H,5-6,10H2,1-2H3. The summed E-state index contributed by atoms with van der Waals surface area (Å²) in [5, 5.41) is 13.5. The molecule has 0 aliphatic rings. The maximum atomic E-state index is 12.7. The van der Waals surface area contributed by atoms with Crippen LogP contribution in [0, 0.1) is 0 Å². The van der Waals surface area contributed by atoms with Crippen molar-refractivity contribution in [1.29, 1.82) is 0 Å². The molecule has 0 aliphatic heterocycles. The summed E-state index contributed by atoms with van der Waals surface area (Å²) in [5.74, 6) is -0.0439. The zero-order valence-electron chi connectivity index (χ0n) is 13.3. The highest BCUT2D eigenvalue weighted by Gasteiger charge is 2.31. The van der Waals surface area contributed by atoms with Crippen LogP contribution in [0.5, 0.6) is 0 Å². The van der Waals surface area contributed by atoms with Crippen molar-refractivity contribution in [2.75, 3.05) is 14.1 Å². The number of nitrogens with zero attached hydrogens (tertiary/aromatic N) is 3. The molecule has 1 aromatic carbocycles. The number of halogens is 3. The van der Waals surface area contributed by atoms with Gasteiger partial charge < -0.3 is 10.0 Å². The van der Waals surface area contributed by atoms with Crippen LogP contribution in [0.4, 0.5) is 13.2 Å². The average Bonchev–Trinajstić information content (AvgIpc) is 2.99. The van der Waals surface area contributed by atoms with E-state index in [9.17, 15) is 23.1 Å². The van der Waals surface area contributed by atoms with Crippen LogP contribution in [0.1, 0.15) is 17.5 Å². The Morgan fingerprint density at radius 3 is 2.62 bits per heavy atom. The smallest absolute Gasteiger partial charge is 0.392 e. The molecule has 0 saturated heterocycles. The van der Waals surface area contributed by atoms with Gasteiger partial charge in [-0.15, -0.1) is 0 Å². The summed E-state index contributed by atoms with van der Waals surface area (Å²) in [5.41, 5.74) is 0.439. The second-order valence-corrected chi connectivity index (χ2v) is 5.56. The van der Waals surface area contributed by atoms with Crippen molar-refractivity contribution in [2.45, 2.75) is 25.7 Å². The quantitative estimate of drug-likeness (QED) is 0.909. The Balaban J connectivity index is 2.22. The van der Waals surface area contributed by atoms with Crippen LogP contribution in [0.25, 0.3) is 11.1 Å².